The highest BCUT2D eigenvalue weighted by atomic mass is 15.2. The zero-order valence-electron chi connectivity index (χ0n) is 23.9. The summed E-state index contributed by atoms with van der Waals surface area (Å²) in [4.78, 5) is 2.61. The lowest BCUT2D eigenvalue weighted by Crippen LogP contribution is -2.34. The van der Waals surface area contributed by atoms with Gasteiger partial charge < -0.3 is 9.47 Å². The van der Waals surface area contributed by atoms with Gasteiger partial charge in [0.25, 0.3) is 0 Å². The summed E-state index contributed by atoms with van der Waals surface area (Å²) in [7, 11) is 0. The first-order valence-electron chi connectivity index (χ1n) is 14.9. The van der Waals surface area contributed by atoms with Crippen LogP contribution < -0.4 is 4.90 Å². The number of anilines is 1. The molecule has 0 radical (unpaired) electrons. The molecule has 2 nitrogen and oxygen atoms in total. The lowest BCUT2D eigenvalue weighted by Gasteiger charge is -2.33. The molecule has 0 amide bonds. The number of nitrogens with zero attached hydrogens (tertiary/aromatic N) is 2. The van der Waals surface area contributed by atoms with Crippen LogP contribution in [-0.2, 0) is 0 Å². The molecule has 3 atom stereocenters. The molecule has 0 spiro atoms. The van der Waals surface area contributed by atoms with E-state index in [1.165, 1.54) is 66.7 Å². The highest BCUT2D eigenvalue weighted by molar-refractivity contribution is 6.09. The summed E-state index contributed by atoms with van der Waals surface area (Å²) < 4.78 is 2.40. The number of hydrogen-bond acceptors (Lipinski definition) is 1. The Hall–Kier alpha value is -4.56. The molecule has 2 heteroatoms. The van der Waals surface area contributed by atoms with Crippen LogP contribution in [0.4, 0.5) is 5.69 Å². The minimum absolute atomic E-state index is 0.354. The minimum Gasteiger partial charge on any atom is -0.337 e. The highest BCUT2D eigenvalue weighted by Gasteiger charge is 2.41. The van der Waals surface area contributed by atoms with Gasteiger partial charge in [-0.1, -0.05) is 91.9 Å². The second kappa shape index (κ2) is 9.24. The average Bonchev–Trinajstić information content (AvgIpc) is 3.52. The average molecular weight is 531 g/mol. The van der Waals surface area contributed by atoms with Crippen LogP contribution in [0, 0.1) is 25.7 Å². The smallest absolute Gasteiger partial charge is 0.0626 e. The van der Waals surface area contributed by atoms with Crippen LogP contribution in [0.3, 0.4) is 0 Å². The van der Waals surface area contributed by atoms with E-state index < -0.39 is 0 Å². The lowest BCUT2D eigenvalue weighted by molar-refractivity contribution is 0.637. The second-order valence-electron chi connectivity index (χ2n) is 11.9. The number of rotatable bonds is 3. The molecule has 1 aliphatic heterocycles. The molecule has 8 rings (SSSR count). The molecule has 0 N–H and O–H groups in total. The molecule has 3 unspecified atom stereocenters. The van der Waals surface area contributed by atoms with Gasteiger partial charge in [-0.3, -0.25) is 0 Å². The summed E-state index contributed by atoms with van der Waals surface area (Å²) in [5.41, 5.74) is 13.2. The number of aryl methyl sites for hydroxylation is 2. The molecule has 200 valence electrons. The fraction of sp³-hybridized carbons (Fsp3) is 0.179. The summed E-state index contributed by atoms with van der Waals surface area (Å²) in [6.45, 7) is 6.89. The fourth-order valence-electron chi connectivity index (χ4n) is 7.53. The molecule has 1 aromatic heterocycles. The minimum atomic E-state index is 0.354. The molecule has 0 saturated carbocycles. The van der Waals surface area contributed by atoms with Crippen molar-refractivity contribution < 1.29 is 0 Å². The topological polar surface area (TPSA) is 8.17 Å². The van der Waals surface area contributed by atoms with Crippen LogP contribution in [0.5, 0.6) is 0 Å². The van der Waals surface area contributed by atoms with Crippen molar-refractivity contribution in [2.24, 2.45) is 11.8 Å². The van der Waals surface area contributed by atoms with Crippen molar-refractivity contribution in [2.45, 2.75) is 33.2 Å². The number of fused-ring (bicyclic) bond motifs is 5. The van der Waals surface area contributed by atoms with Gasteiger partial charge in [-0.15, -0.1) is 0 Å². The van der Waals surface area contributed by atoms with Crippen LogP contribution in [0.2, 0.25) is 0 Å². The molecule has 0 fully saturated rings. The van der Waals surface area contributed by atoms with Gasteiger partial charge >= 0.3 is 0 Å². The van der Waals surface area contributed by atoms with E-state index in [2.05, 4.69) is 152 Å². The number of para-hydroxylation sites is 2. The Morgan fingerprint density at radius 3 is 1.98 bits per heavy atom. The quantitative estimate of drug-likeness (QED) is 0.225. The molecule has 0 bridgehead atoms. The molecule has 3 aliphatic rings. The number of aromatic nitrogens is 1. The lowest BCUT2D eigenvalue weighted by atomic mass is 9.86. The van der Waals surface area contributed by atoms with Gasteiger partial charge in [0.05, 0.1) is 17.1 Å². The molecule has 4 aromatic carbocycles. The van der Waals surface area contributed by atoms with Crippen LogP contribution in [-0.4, -0.2) is 10.6 Å². The van der Waals surface area contributed by atoms with Gasteiger partial charge in [0.1, 0.15) is 0 Å². The third-order valence-corrected chi connectivity index (χ3v) is 9.40. The number of allylic oxidation sites excluding steroid dienone is 5. The molecule has 5 aromatic rings. The van der Waals surface area contributed by atoms with Gasteiger partial charge in [-0.25, -0.2) is 0 Å². The molecular formula is C39H34N2. The second-order valence-corrected chi connectivity index (χ2v) is 11.9. The van der Waals surface area contributed by atoms with Crippen LogP contribution in [0.15, 0.2) is 133 Å². The monoisotopic (exact) mass is 530 g/mol. The van der Waals surface area contributed by atoms with E-state index in [9.17, 15) is 0 Å². The molecule has 41 heavy (non-hydrogen) atoms. The predicted octanol–water partition coefficient (Wildman–Crippen LogP) is 9.85. The zero-order chi connectivity index (χ0) is 27.7. The highest BCUT2D eigenvalue weighted by Crippen LogP contribution is 2.47. The van der Waals surface area contributed by atoms with E-state index in [0.29, 0.717) is 17.9 Å². The van der Waals surface area contributed by atoms with Gasteiger partial charge in [-0.2, -0.15) is 0 Å². The van der Waals surface area contributed by atoms with Crippen molar-refractivity contribution in [1.82, 2.24) is 4.57 Å². The van der Waals surface area contributed by atoms with Crippen LogP contribution >= 0.6 is 0 Å². The van der Waals surface area contributed by atoms with E-state index in [-0.39, 0.29) is 0 Å². The van der Waals surface area contributed by atoms with E-state index in [4.69, 9.17) is 0 Å². The predicted molar refractivity (Wildman–Crippen MR) is 174 cm³/mol. The Morgan fingerprint density at radius 1 is 0.683 bits per heavy atom. The molecule has 2 aliphatic carbocycles. The van der Waals surface area contributed by atoms with Gasteiger partial charge in [0, 0.05) is 39.7 Å². The van der Waals surface area contributed by atoms with Crippen molar-refractivity contribution in [3.05, 3.63) is 144 Å². The Labute approximate surface area is 242 Å². The maximum absolute atomic E-state index is 2.61. The molecule has 0 saturated heterocycles. The maximum atomic E-state index is 2.61. The largest absolute Gasteiger partial charge is 0.337 e. The van der Waals surface area contributed by atoms with Crippen molar-refractivity contribution in [3.63, 3.8) is 0 Å². The maximum Gasteiger partial charge on any atom is 0.0626 e. The summed E-state index contributed by atoms with van der Waals surface area (Å²) in [6, 6.07) is 31.8. The number of hydrogen-bond donors (Lipinski definition) is 0. The van der Waals surface area contributed by atoms with E-state index in [1.807, 2.05) is 0 Å². The Bertz CT molecular complexity index is 1920. The van der Waals surface area contributed by atoms with Crippen molar-refractivity contribution >= 4 is 27.5 Å². The normalized spacial score (nSPS) is 21.2. The third-order valence-electron chi connectivity index (χ3n) is 9.40. The van der Waals surface area contributed by atoms with Crippen molar-refractivity contribution in [1.29, 1.82) is 0 Å². The summed E-state index contributed by atoms with van der Waals surface area (Å²) >= 11 is 0. The van der Waals surface area contributed by atoms with E-state index in [0.717, 1.165) is 6.42 Å². The standard InChI is InChI=1S/C39H34N2/c1-25-11-10-15-35-34-14-6-9-18-38(34)41(39(25)35)29-20-22-31(27(3)24-29)30-21-19-28(23-26(30)2)40-36-16-7-4-12-32(36)33-13-5-8-17-37(33)40/h4-10,12-25,34,38H,11H2,1-3H3. The first-order chi connectivity index (χ1) is 20.1. The van der Waals surface area contributed by atoms with E-state index >= 15 is 0 Å². The van der Waals surface area contributed by atoms with Crippen LogP contribution in [0.25, 0.3) is 38.6 Å². The van der Waals surface area contributed by atoms with Gasteiger partial charge in [-0.05, 0) is 84.5 Å². The summed E-state index contributed by atoms with van der Waals surface area (Å²) in [5.74, 6) is 0.961. The van der Waals surface area contributed by atoms with Crippen molar-refractivity contribution in [3.8, 4) is 16.8 Å². The summed E-state index contributed by atoms with van der Waals surface area (Å²) in [6.07, 6.45) is 15.0. The first-order valence-corrected chi connectivity index (χ1v) is 14.9. The first kappa shape index (κ1) is 24.3. The summed E-state index contributed by atoms with van der Waals surface area (Å²) in [5, 5.41) is 2.59. The SMILES string of the molecule is Cc1cc(N2C3=C(C=CCC3C)C3C=CC=CC32)ccc1-c1ccc(-n2c3ccccc3c3ccccc32)cc1C. The third kappa shape index (κ3) is 3.63. The van der Waals surface area contributed by atoms with E-state index in [1.54, 1.807) is 0 Å². The fourth-order valence-corrected chi connectivity index (χ4v) is 7.53. The zero-order valence-corrected chi connectivity index (χ0v) is 23.9. The Morgan fingerprint density at radius 2 is 1.29 bits per heavy atom. The number of benzene rings is 4. The van der Waals surface area contributed by atoms with Crippen molar-refractivity contribution in [2.75, 3.05) is 4.90 Å². The molecular weight excluding hydrogens is 496 g/mol. The van der Waals surface area contributed by atoms with Crippen LogP contribution in [0.1, 0.15) is 24.5 Å². The van der Waals surface area contributed by atoms with Gasteiger partial charge in [0.15, 0.2) is 0 Å². The Kier molecular flexibility index (Phi) is 5.47. The molecule has 2 heterocycles. The Balaban J connectivity index is 1.19. The van der Waals surface area contributed by atoms with Gasteiger partial charge in [0.2, 0.25) is 0 Å².